The largest absolute Gasteiger partial charge is 0.299 e. The number of hydrogen-bond acceptors (Lipinski definition) is 4. The Bertz CT molecular complexity index is 542. The fourth-order valence-electron chi connectivity index (χ4n) is 2.15. The summed E-state index contributed by atoms with van der Waals surface area (Å²) in [6.07, 6.45) is 0.464. The van der Waals surface area contributed by atoms with Crippen molar-refractivity contribution in [3.63, 3.8) is 0 Å². The average molecular weight is 305 g/mol. The number of benzene rings is 1. The van der Waals surface area contributed by atoms with Crippen LogP contribution in [-0.4, -0.2) is 34.3 Å². The highest BCUT2D eigenvalue weighted by Crippen LogP contribution is 2.31. The molecule has 1 heterocycles. The van der Waals surface area contributed by atoms with Crippen molar-refractivity contribution in [1.29, 1.82) is 0 Å². The molecule has 1 saturated heterocycles. The molecule has 1 aliphatic rings. The van der Waals surface area contributed by atoms with Crippen molar-refractivity contribution in [2.45, 2.75) is 36.8 Å². The summed E-state index contributed by atoms with van der Waals surface area (Å²) < 4.78 is 0. The van der Waals surface area contributed by atoms with E-state index in [0.717, 1.165) is 4.90 Å². The minimum Gasteiger partial charge on any atom is -0.299 e. The fourth-order valence-corrected chi connectivity index (χ4v) is 3.25. The van der Waals surface area contributed by atoms with E-state index >= 15 is 0 Å². The van der Waals surface area contributed by atoms with E-state index in [0.29, 0.717) is 0 Å². The first-order chi connectivity index (χ1) is 9.99. The lowest BCUT2D eigenvalue weighted by atomic mass is 10.1. The van der Waals surface area contributed by atoms with Gasteiger partial charge in [0.05, 0.1) is 5.25 Å². The molecular formula is C16H19NO3S. The van der Waals surface area contributed by atoms with Crippen molar-refractivity contribution < 1.29 is 14.4 Å². The first-order valence-electron chi connectivity index (χ1n) is 7.07. The highest BCUT2D eigenvalue weighted by atomic mass is 32.2. The minimum absolute atomic E-state index is 0.0627. The number of thioether (sulfide) groups is 1. The smallest absolute Gasteiger partial charge is 0.243 e. The zero-order chi connectivity index (χ0) is 15.4. The molecule has 1 fully saturated rings. The molecule has 0 radical (unpaired) electrons. The quantitative estimate of drug-likeness (QED) is 0.758. The minimum atomic E-state index is -0.367. The second-order valence-electron chi connectivity index (χ2n) is 5.38. The molecule has 1 aliphatic heterocycles. The molecule has 0 bridgehead atoms. The fraction of sp³-hybridized carbons (Fsp3) is 0.438. The summed E-state index contributed by atoms with van der Waals surface area (Å²) in [4.78, 5) is 38.1. The second kappa shape index (κ2) is 6.89. The van der Waals surface area contributed by atoms with Crippen LogP contribution >= 0.6 is 11.8 Å². The van der Waals surface area contributed by atoms with Crippen molar-refractivity contribution >= 4 is 29.4 Å². The SMILES string of the molecule is CC(C)C(=O)CCN1C(=O)CC(Sc2ccccc2)C1=O. The van der Waals surface area contributed by atoms with Crippen molar-refractivity contribution in [3.05, 3.63) is 30.3 Å². The number of carbonyl (C=O) groups excluding carboxylic acids is 3. The summed E-state index contributed by atoms with van der Waals surface area (Å²) in [6, 6.07) is 9.57. The van der Waals surface area contributed by atoms with Gasteiger partial charge in [0.2, 0.25) is 11.8 Å². The monoisotopic (exact) mass is 305 g/mol. The molecule has 1 unspecified atom stereocenters. The maximum atomic E-state index is 12.3. The molecule has 2 amide bonds. The number of hydrogen-bond donors (Lipinski definition) is 0. The average Bonchev–Trinajstić information content (AvgIpc) is 2.72. The first-order valence-corrected chi connectivity index (χ1v) is 7.95. The van der Waals surface area contributed by atoms with Crippen molar-refractivity contribution in [3.8, 4) is 0 Å². The van der Waals surface area contributed by atoms with Crippen LogP contribution in [0.2, 0.25) is 0 Å². The van der Waals surface area contributed by atoms with Crippen LogP contribution < -0.4 is 0 Å². The molecular weight excluding hydrogens is 286 g/mol. The number of rotatable bonds is 6. The number of ketones is 1. The molecule has 2 rings (SSSR count). The zero-order valence-corrected chi connectivity index (χ0v) is 13.1. The van der Waals surface area contributed by atoms with Crippen LogP contribution in [0.25, 0.3) is 0 Å². The molecule has 1 aromatic carbocycles. The van der Waals surface area contributed by atoms with Crippen LogP contribution in [0.15, 0.2) is 35.2 Å². The number of amides is 2. The van der Waals surface area contributed by atoms with Crippen LogP contribution in [0, 0.1) is 5.92 Å². The van der Waals surface area contributed by atoms with E-state index in [1.807, 2.05) is 44.2 Å². The predicted octanol–water partition coefficient (Wildman–Crippen LogP) is 2.52. The van der Waals surface area contributed by atoms with E-state index in [2.05, 4.69) is 0 Å². The Hall–Kier alpha value is -1.62. The van der Waals surface area contributed by atoms with Crippen molar-refractivity contribution in [1.82, 2.24) is 4.90 Å². The summed E-state index contributed by atoms with van der Waals surface area (Å²) >= 11 is 1.41. The Labute approximate surface area is 128 Å². The van der Waals surface area contributed by atoms with Gasteiger partial charge in [-0.25, -0.2) is 0 Å². The third kappa shape index (κ3) is 3.94. The van der Waals surface area contributed by atoms with Gasteiger partial charge in [0.15, 0.2) is 0 Å². The highest BCUT2D eigenvalue weighted by molar-refractivity contribution is 8.00. The lowest BCUT2D eigenvalue weighted by Crippen LogP contribution is -2.33. The molecule has 0 aromatic heterocycles. The summed E-state index contributed by atoms with van der Waals surface area (Å²) in [7, 11) is 0. The molecule has 0 N–H and O–H groups in total. The standard InChI is InChI=1S/C16H19NO3S/c1-11(2)13(18)8-9-17-15(19)10-14(16(17)20)21-12-6-4-3-5-7-12/h3-7,11,14H,8-10H2,1-2H3. The number of Topliss-reactive ketones (excluding diaryl/α,β-unsaturated/α-hetero) is 1. The Balaban J connectivity index is 1.95. The van der Waals surface area contributed by atoms with Gasteiger partial charge >= 0.3 is 0 Å². The van der Waals surface area contributed by atoms with Gasteiger partial charge in [0.25, 0.3) is 0 Å². The van der Waals surface area contributed by atoms with Gasteiger partial charge in [-0.2, -0.15) is 0 Å². The van der Waals surface area contributed by atoms with Crippen LogP contribution in [0.4, 0.5) is 0 Å². The summed E-state index contributed by atoms with van der Waals surface area (Å²) in [5.41, 5.74) is 0. The number of likely N-dealkylation sites (tertiary alicyclic amines) is 1. The molecule has 0 spiro atoms. The lowest BCUT2D eigenvalue weighted by Gasteiger charge is -2.15. The zero-order valence-electron chi connectivity index (χ0n) is 12.2. The maximum absolute atomic E-state index is 12.3. The van der Waals surface area contributed by atoms with Gasteiger partial charge < -0.3 is 0 Å². The van der Waals surface area contributed by atoms with E-state index in [9.17, 15) is 14.4 Å². The third-order valence-corrected chi connectivity index (χ3v) is 4.65. The van der Waals surface area contributed by atoms with Gasteiger partial charge in [-0.15, -0.1) is 11.8 Å². The highest BCUT2D eigenvalue weighted by Gasteiger charge is 2.39. The van der Waals surface area contributed by atoms with E-state index in [-0.39, 0.29) is 48.2 Å². The van der Waals surface area contributed by atoms with E-state index in [1.54, 1.807) is 0 Å². The van der Waals surface area contributed by atoms with Gasteiger partial charge in [-0.05, 0) is 12.1 Å². The van der Waals surface area contributed by atoms with Gasteiger partial charge in [-0.3, -0.25) is 19.3 Å². The van der Waals surface area contributed by atoms with E-state index in [1.165, 1.54) is 16.7 Å². The van der Waals surface area contributed by atoms with Crippen LogP contribution in [-0.2, 0) is 14.4 Å². The number of nitrogens with zero attached hydrogens (tertiary/aromatic N) is 1. The normalized spacial score (nSPS) is 18.6. The Morgan fingerprint density at radius 2 is 1.95 bits per heavy atom. The lowest BCUT2D eigenvalue weighted by molar-refractivity contribution is -0.138. The molecule has 5 heteroatoms. The van der Waals surface area contributed by atoms with Crippen molar-refractivity contribution in [2.24, 2.45) is 5.92 Å². The second-order valence-corrected chi connectivity index (χ2v) is 6.65. The first kappa shape index (κ1) is 15.8. The van der Waals surface area contributed by atoms with Gasteiger partial charge in [0, 0.05) is 30.2 Å². The number of imide groups is 1. The van der Waals surface area contributed by atoms with Crippen LogP contribution in [0.1, 0.15) is 26.7 Å². The van der Waals surface area contributed by atoms with Crippen LogP contribution in [0.5, 0.6) is 0 Å². The molecule has 0 saturated carbocycles. The Morgan fingerprint density at radius 3 is 2.57 bits per heavy atom. The summed E-state index contributed by atoms with van der Waals surface area (Å²) in [6.45, 7) is 3.86. The molecule has 1 aromatic rings. The van der Waals surface area contributed by atoms with E-state index < -0.39 is 0 Å². The number of carbonyl (C=O) groups is 3. The molecule has 112 valence electrons. The Kier molecular flexibility index (Phi) is 5.17. The van der Waals surface area contributed by atoms with Crippen molar-refractivity contribution in [2.75, 3.05) is 6.54 Å². The maximum Gasteiger partial charge on any atom is 0.243 e. The topological polar surface area (TPSA) is 54.5 Å². The van der Waals surface area contributed by atoms with Gasteiger partial charge in [0.1, 0.15) is 5.78 Å². The molecule has 0 aliphatic carbocycles. The Morgan fingerprint density at radius 1 is 1.29 bits per heavy atom. The van der Waals surface area contributed by atoms with E-state index in [4.69, 9.17) is 0 Å². The summed E-state index contributed by atoms with van der Waals surface area (Å²) in [5, 5.41) is -0.367. The summed E-state index contributed by atoms with van der Waals surface area (Å²) in [5.74, 6) is -0.336. The molecule has 1 atom stereocenters. The third-order valence-electron chi connectivity index (χ3n) is 3.45. The predicted molar refractivity (Wildman–Crippen MR) is 81.9 cm³/mol. The molecule has 4 nitrogen and oxygen atoms in total. The van der Waals surface area contributed by atoms with Crippen LogP contribution in [0.3, 0.4) is 0 Å². The molecule has 21 heavy (non-hydrogen) atoms. The van der Waals surface area contributed by atoms with Gasteiger partial charge in [-0.1, -0.05) is 32.0 Å².